The van der Waals surface area contributed by atoms with Gasteiger partial charge in [-0.05, 0) is 30.7 Å². The second-order valence-corrected chi connectivity index (χ2v) is 7.59. The van der Waals surface area contributed by atoms with Crippen molar-refractivity contribution in [3.05, 3.63) is 74.5 Å². The van der Waals surface area contributed by atoms with Gasteiger partial charge in [0.15, 0.2) is 11.4 Å². The number of carbonyl (C=O) groups is 2. The predicted octanol–water partition coefficient (Wildman–Crippen LogP) is 2.32. The third-order valence-corrected chi connectivity index (χ3v) is 5.44. The molecule has 2 aliphatic heterocycles. The minimum absolute atomic E-state index is 0.00468. The van der Waals surface area contributed by atoms with Crippen molar-refractivity contribution in [2.24, 2.45) is 0 Å². The first-order valence-corrected chi connectivity index (χ1v) is 9.52. The van der Waals surface area contributed by atoms with Crippen LogP contribution >= 0.6 is 0 Å². The number of halogens is 3. The quantitative estimate of drug-likeness (QED) is 0.777. The molecule has 0 saturated carbocycles. The molecule has 0 radical (unpaired) electrons. The number of amides is 2. The van der Waals surface area contributed by atoms with Gasteiger partial charge >= 0.3 is 0 Å². The van der Waals surface area contributed by atoms with Crippen molar-refractivity contribution < 1.29 is 27.9 Å². The molecule has 4 rings (SSSR count). The Hall–Kier alpha value is -3.56. The molecule has 1 aromatic heterocycles. The first-order chi connectivity index (χ1) is 14.7. The Bertz CT molecular complexity index is 1180. The van der Waals surface area contributed by atoms with Crippen molar-refractivity contribution >= 4 is 11.8 Å². The third kappa shape index (κ3) is 3.58. The molecule has 2 N–H and O–H groups in total. The molecule has 1 unspecified atom stereocenters. The SMILES string of the molecule is Cc1cc(F)c(CNC(=O)c2cn3c(c(O)c2=O)C(=O)N2CC=C(F)CC3C2)c(F)c1. The first-order valence-electron chi connectivity index (χ1n) is 9.52. The number of nitrogens with one attached hydrogen (secondary N) is 1. The standard InChI is InChI=1S/C21H18F3N3O4/c1-10-4-15(23)13(16(24)5-10)7-25-20(30)14-9-27-12-6-11(22)2-3-26(8-12)21(31)17(27)19(29)18(14)28/h2,4-5,9,12,29H,3,6-8H2,1H3,(H,25,30). The number of nitrogens with zero attached hydrogens (tertiary/aromatic N) is 2. The number of rotatable bonds is 3. The topological polar surface area (TPSA) is 91.6 Å². The number of aromatic hydroxyl groups is 1. The molecule has 1 aromatic carbocycles. The number of carbonyl (C=O) groups excluding carboxylic acids is 2. The lowest BCUT2D eigenvalue weighted by atomic mass is 10.1. The van der Waals surface area contributed by atoms with Gasteiger partial charge in [-0.3, -0.25) is 14.4 Å². The number of aromatic nitrogens is 1. The lowest BCUT2D eigenvalue weighted by molar-refractivity contribution is 0.0687. The summed E-state index contributed by atoms with van der Waals surface area (Å²) in [4.78, 5) is 39.1. The van der Waals surface area contributed by atoms with E-state index in [1.54, 1.807) is 0 Å². The van der Waals surface area contributed by atoms with Crippen LogP contribution in [0.5, 0.6) is 5.75 Å². The van der Waals surface area contributed by atoms with Crippen LogP contribution in [0.3, 0.4) is 0 Å². The first kappa shape index (κ1) is 20.7. The Morgan fingerprint density at radius 1 is 1.23 bits per heavy atom. The number of benzene rings is 1. The van der Waals surface area contributed by atoms with E-state index in [2.05, 4.69) is 5.32 Å². The smallest absolute Gasteiger partial charge is 0.274 e. The van der Waals surface area contributed by atoms with E-state index < -0.39 is 58.6 Å². The Balaban J connectivity index is 1.68. The molecule has 162 valence electrons. The van der Waals surface area contributed by atoms with E-state index in [0.29, 0.717) is 5.56 Å². The van der Waals surface area contributed by atoms with Crippen LogP contribution in [0.1, 0.15) is 44.4 Å². The molecule has 0 aliphatic carbocycles. The average molecular weight is 433 g/mol. The lowest BCUT2D eigenvalue weighted by Crippen LogP contribution is -2.44. The van der Waals surface area contributed by atoms with Crippen molar-refractivity contribution in [2.75, 3.05) is 13.1 Å². The maximum Gasteiger partial charge on any atom is 0.274 e. The number of pyridine rings is 1. The fourth-order valence-electron chi connectivity index (χ4n) is 3.86. The minimum atomic E-state index is -1.10. The van der Waals surface area contributed by atoms with Crippen LogP contribution in [-0.4, -0.2) is 39.5 Å². The van der Waals surface area contributed by atoms with Crippen molar-refractivity contribution in [1.29, 1.82) is 0 Å². The van der Waals surface area contributed by atoms with E-state index in [1.165, 1.54) is 22.5 Å². The molecule has 1 atom stereocenters. The minimum Gasteiger partial charge on any atom is -0.503 e. The van der Waals surface area contributed by atoms with Crippen LogP contribution in [0.4, 0.5) is 13.2 Å². The van der Waals surface area contributed by atoms with Gasteiger partial charge in [-0.1, -0.05) is 0 Å². The summed E-state index contributed by atoms with van der Waals surface area (Å²) in [7, 11) is 0. The van der Waals surface area contributed by atoms with Gasteiger partial charge in [-0.25, -0.2) is 13.2 Å². The molecule has 2 bridgehead atoms. The largest absolute Gasteiger partial charge is 0.503 e. The molecule has 0 saturated heterocycles. The van der Waals surface area contributed by atoms with Crippen LogP contribution in [0, 0.1) is 18.6 Å². The molecular formula is C21H18F3N3O4. The van der Waals surface area contributed by atoms with Crippen molar-refractivity contribution in [2.45, 2.75) is 25.9 Å². The van der Waals surface area contributed by atoms with E-state index in [9.17, 15) is 32.7 Å². The fourth-order valence-corrected chi connectivity index (χ4v) is 3.86. The Morgan fingerprint density at radius 3 is 2.58 bits per heavy atom. The average Bonchev–Trinajstić information content (AvgIpc) is 2.87. The third-order valence-electron chi connectivity index (χ3n) is 5.44. The maximum absolute atomic E-state index is 14.0. The van der Waals surface area contributed by atoms with Crippen molar-refractivity contribution in [3.63, 3.8) is 0 Å². The highest BCUT2D eigenvalue weighted by Gasteiger charge is 2.36. The summed E-state index contributed by atoms with van der Waals surface area (Å²) in [5.74, 6) is -4.74. The molecule has 7 nitrogen and oxygen atoms in total. The molecule has 2 aromatic rings. The van der Waals surface area contributed by atoms with Gasteiger partial charge in [0.2, 0.25) is 5.43 Å². The van der Waals surface area contributed by atoms with Crippen LogP contribution in [-0.2, 0) is 6.54 Å². The van der Waals surface area contributed by atoms with E-state index in [4.69, 9.17) is 0 Å². The normalized spacial score (nSPS) is 17.7. The van der Waals surface area contributed by atoms with Gasteiger partial charge in [0.1, 0.15) is 17.2 Å². The summed E-state index contributed by atoms with van der Waals surface area (Å²) in [6, 6.07) is 1.59. The molecule has 0 spiro atoms. The molecular weight excluding hydrogens is 415 g/mol. The lowest BCUT2D eigenvalue weighted by Gasteiger charge is -2.34. The number of aryl methyl sites for hydroxylation is 1. The van der Waals surface area contributed by atoms with Gasteiger partial charge in [-0.15, -0.1) is 0 Å². The summed E-state index contributed by atoms with van der Waals surface area (Å²) < 4.78 is 43.2. The summed E-state index contributed by atoms with van der Waals surface area (Å²) in [5, 5.41) is 12.6. The second kappa shape index (κ2) is 7.60. The van der Waals surface area contributed by atoms with Crippen LogP contribution in [0.2, 0.25) is 0 Å². The number of allylic oxidation sites excluding steroid dienone is 1. The van der Waals surface area contributed by atoms with Crippen LogP contribution in [0.15, 0.2) is 35.0 Å². The van der Waals surface area contributed by atoms with Gasteiger partial charge in [-0.2, -0.15) is 0 Å². The highest BCUT2D eigenvalue weighted by atomic mass is 19.1. The molecule has 2 amide bonds. The highest BCUT2D eigenvalue weighted by molar-refractivity contribution is 5.99. The Morgan fingerprint density at radius 2 is 1.90 bits per heavy atom. The summed E-state index contributed by atoms with van der Waals surface area (Å²) in [6.45, 7) is 1.12. The summed E-state index contributed by atoms with van der Waals surface area (Å²) >= 11 is 0. The molecule has 0 fully saturated rings. The second-order valence-electron chi connectivity index (χ2n) is 7.59. The molecule has 2 aliphatic rings. The van der Waals surface area contributed by atoms with E-state index in [0.717, 1.165) is 18.3 Å². The van der Waals surface area contributed by atoms with Gasteiger partial charge < -0.3 is 19.9 Å². The van der Waals surface area contributed by atoms with Crippen molar-refractivity contribution in [3.8, 4) is 5.75 Å². The Labute approximate surface area is 174 Å². The van der Waals surface area contributed by atoms with Gasteiger partial charge in [0.25, 0.3) is 11.8 Å². The van der Waals surface area contributed by atoms with E-state index in [1.807, 2.05) is 0 Å². The van der Waals surface area contributed by atoms with Gasteiger partial charge in [0, 0.05) is 37.8 Å². The predicted molar refractivity (Wildman–Crippen MR) is 103 cm³/mol. The zero-order valence-corrected chi connectivity index (χ0v) is 16.4. The monoisotopic (exact) mass is 433 g/mol. The van der Waals surface area contributed by atoms with Crippen molar-refractivity contribution in [1.82, 2.24) is 14.8 Å². The zero-order valence-electron chi connectivity index (χ0n) is 16.4. The van der Waals surface area contributed by atoms with Crippen LogP contribution < -0.4 is 10.7 Å². The van der Waals surface area contributed by atoms with Gasteiger partial charge in [0.05, 0.1) is 11.9 Å². The highest BCUT2D eigenvalue weighted by Crippen LogP contribution is 2.32. The number of fused-ring (bicyclic) bond motifs is 4. The molecule has 31 heavy (non-hydrogen) atoms. The summed E-state index contributed by atoms with van der Waals surface area (Å²) in [5.41, 5.74) is -1.97. The molecule has 10 heteroatoms. The maximum atomic E-state index is 14.0. The fraction of sp³-hybridized carbons (Fsp3) is 0.286. The van der Waals surface area contributed by atoms with Crippen LogP contribution in [0.25, 0.3) is 0 Å². The number of hydrogen-bond acceptors (Lipinski definition) is 4. The molecule has 3 heterocycles. The Kier molecular flexibility index (Phi) is 5.08. The summed E-state index contributed by atoms with van der Waals surface area (Å²) in [6.07, 6.45) is 2.24. The van der Waals surface area contributed by atoms with E-state index >= 15 is 0 Å². The zero-order chi connectivity index (χ0) is 22.4. The number of hydrogen-bond donors (Lipinski definition) is 2. The van der Waals surface area contributed by atoms with E-state index in [-0.39, 0.29) is 30.8 Å².